The minimum Gasteiger partial charge on any atom is -0.494 e. The predicted octanol–water partition coefficient (Wildman–Crippen LogP) is 5.96. The maximum absolute atomic E-state index is 12.6. The molecule has 5 rings (SSSR count). The van der Waals surface area contributed by atoms with Crippen LogP contribution in [0.1, 0.15) is 30.0 Å². The van der Waals surface area contributed by atoms with Crippen molar-refractivity contribution in [3.05, 3.63) is 89.7 Å². The number of halogens is 3. The van der Waals surface area contributed by atoms with Crippen LogP contribution in [0, 0.1) is 0 Å². The number of morpholine rings is 1. The van der Waals surface area contributed by atoms with Gasteiger partial charge in [-0.05, 0) is 42.3 Å². The van der Waals surface area contributed by atoms with E-state index in [2.05, 4.69) is 26.3 Å². The summed E-state index contributed by atoms with van der Waals surface area (Å²) in [7, 11) is 0. The smallest absolute Gasteiger partial charge is 0.494 e. The Morgan fingerprint density at radius 1 is 0.946 bits per heavy atom. The number of imidazole rings is 1. The molecule has 6 nitrogen and oxygen atoms in total. The Kier molecular flexibility index (Phi) is 7.34. The maximum atomic E-state index is 12.6. The maximum Gasteiger partial charge on any atom is 0.573 e. The van der Waals surface area contributed by atoms with E-state index < -0.39 is 6.36 Å². The van der Waals surface area contributed by atoms with Crippen molar-refractivity contribution in [3.8, 4) is 11.5 Å². The summed E-state index contributed by atoms with van der Waals surface area (Å²) in [5.41, 5.74) is 3.74. The average molecular weight is 512 g/mol. The molecule has 1 aliphatic heterocycles. The highest BCUT2D eigenvalue weighted by Crippen LogP contribution is 2.30. The van der Waals surface area contributed by atoms with Gasteiger partial charge in [0.1, 0.15) is 23.4 Å². The molecule has 2 heterocycles. The Hall–Kier alpha value is -3.56. The SMILES string of the molecule is CCOc1ccc2c(c1)nc(C1CN(Cc3ccccc3)CCO1)n2Cc1ccc(OC(F)(F)F)cc1. The minimum atomic E-state index is -4.72. The van der Waals surface area contributed by atoms with Crippen LogP contribution < -0.4 is 9.47 Å². The number of ether oxygens (including phenoxy) is 3. The second kappa shape index (κ2) is 10.8. The van der Waals surface area contributed by atoms with Crippen LogP contribution in [0.2, 0.25) is 0 Å². The number of rotatable bonds is 8. The molecule has 1 fully saturated rings. The molecule has 9 heteroatoms. The van der Waals surface area contributed by atoms with E-state index in [4.69, 9.17) is 14.5 Å². The monoisotopic (exact) mass is 511 g/mol. The van der Waals surface area contributed by atoms with Crippen LogP contribution in [0.15, 0.2) is 72.8 Å². The lowest BCUT2D eigenvalue weighted by atomic mass is 10.1. The molecule has 37 heavy (non-hydrogen) atoms. The van der Waals surface area contributed by atoms with Gasteiger partial charge in [0, 0.05) is 32.2 Å². The minimum absolute atomic E-state index is 0.250. The fraction of sp³-hybridized carbons (Fsp3) is 0.321. The van der Waals surface area contributed by atoms with E-state index in [-0.39, 0.29) is 11.9 Å². The van der Waals surface area contributed by atoms with E-state index >= 15 is 0 Å². The van der Waals surface area contributed by atoms with E-state index in [1.54, 1.807) is 12.1 Å². The number of hydrogen-bond donors (Lipinski definition) is 0. The lowest BCUT2D eigenvalue weighted by Crippen LogP contribution is -2.38. The van der Waals surface area contributed by atoms with Gasteiger partial charge >= 0.3 is 6.36 Å². The molecule has 1 saturated heterocycles. The largest absolute Gasteiger partial charge is 0.573 e. The Morgan fingerprint density at radius 3 is 2.41 bits per heavy atom. The van der Waals surface area contributed by atoms with Gasteiger partial charge in [0.15, 0.2) is 0 Å². The molecule has 1 atom stereocenters. The first-order valence-electron chi connectivity index (χ1n) is 12.2. The molecule has 0 N–H and O–H groups in total. The van der Waals surface area contributed by atoms with Gasteiger partial charge < -0.3 is 18.8 Å². The Morgan fingerprint density at radius 2 is 1.68 bits per heavy atom. The van der Waals surface area contributed by atoms with Crippen molar-refractivity contribution in [3.63, 3.8) is 0 Å². The third kappa shape index (κ3) is 6.23. The predicted molar refractivity (Wildman–Crippen MR) is 134 cm³/mol. The lowest BCUT2D eigenvalue weighted by molar-refractivity contribution is -0.274. The molecule has 3 aromatic carbocycles. The van der Waals surface area contributed by atoms with Crippen molar-refractivity contribution >= 4 is 11.0 Å². The van der Waals surface area contributed by atoms with Crippen molar-refractivity contribution < 1.29 is 27.4 Å². The zero-order valence-electron chi connectivity index (χ0n) is 20.4. The average Bonchev–Trinajstić information content (AvgIpc) is 3.23. The van der Waals surface area contributed by atoms with Gasteiger partial charge in [-0.2, -0.15) is 0 Å². The second-order valence-electron chi connectivity index (χ2n) is 8.91. The zero-order chi connectivity index (χ0) is 25.8. The Bertz CT molecular complexity index is 1320. The topological polar surface area (TPSA) is 48.8 Å². The van der Waals surface area contributed by atoms with Crippen molar-refractivity contribution in [1.82, 2.24) is 14.5 Å². The number of benzene rings is 3. The summed E-state index contributed by atoms with van der Waals surface area (Å²) in [6.45, 7) is 5.79. The summed E-state index contributed by atoms with van der Waals surface area (Å²) >= 11 is 0. The molecule has 1 unspecified atom stereocenters. The summed E-state index contributed by atoms with van der Waals surface area (Å²) < 4.78 is 55.7. The van der Waals surface area contributed by atoms with Gasteiger partial charge in [-0.1, -0.05) is 42.5 Å². The number of hydrogen-bond acceptors (Lipinski definition) is 5. The lowest BCUT2D eigenvalue weighted by Gasteiger charge is -2.33. The third-order valence-corrected chi connectivity index (χ3v) is 6.25. The van der Waals surface area contributed by atoms with Crippen molar-refractivity contribution in [2.45, 2.75) is 32.5 Å². The number of alkyl halides is 3. The van der Waals surface area contributed by atoms with Crippen LogP contribution in [-0.2, 0) is 17.8 Å². The van der Waals surface area contributed by atoms with Gasteiger partial charge in [-0.3, -0.25) is 4.90 Å². The summed E-state index contributed by atoms with van der Waals surface area (Å²) in [4.78, 5) is 7.29. The van der Waals surface area contributed by atoms with Gasteiger partial charge in [0.25, 0.3) is 0 Å². The summed E-state index contributed by atoms with van der Waals surface area (Å²) in [6, 6.07) is 22.0. The van der Waals surface area contributed by atoms with E-state index in [0.29, 0.717) is 26.3 Å². The fourth-order valence-corrected chi connectivity index (χ4v) is 4.62. The molecule has 0 amide bonds. The van der Waals surface area contributed by atoms with Gasteiger partial charge in [0.05, 0.1) is 24.2 Å². The Labute approximate surface area is 213 Å². The summed E-state index contributed by atoms with van der Waals surface area (Å²) in [6.07, 6.45) is -4.98. The highest BCUT2D eigenvalue weighted by molar-refractivity contribution is 5.78. The second-order valence-corrected chi connectivity index (χ2v) is 8.91. The van der Waals surface area contributed by atoms with E-state index in [0.717, 1.165) is 41.3 Å². The molecule has 194 valence electrons. The summed E-state index contributed by atoms with van der Waals surface area (Å²) in [5.74, 6) is 1.26. The number of aromatic nitrogens is 2. The molecule has 0 saturated carbocycles. The van der Waals surface area contributed by atoms with Crippen LogP contribution in [0.3, 0.4) is 0 Å². The summed E-state index contributed by atoms with van der Waals surface area (Å²) in [5, 5.41) is 0. The van der Waals surface area contributed by atoms with Crippen molar-refractivity contribution in [1.29, 1.82) is 0 Å². The molecule has 0 aliphatic carbocycles. The van der Waals surface area contributed by atoms with Crippen LogP contribution in [0.4, 0.5) is 13.2 Å². The molecule has 0 bridgehead atoms. The molecular weight excluding hydrogens is 483 g/mol. The van der Waals surface area contributed by atoms with Gasteiger partial charge in [0.2, 0.25) is 0 Å². The molecule has 0 radical (unpaired) electrons. The molecule has 1 aliphatic rings. The first-order valence-corrected chi connectivity index (χ1v) is 12.2. The number of fused-ring (bicyclic) bond motifs is 1. The first kappa shape index (κ1) is 25.1. The van der Waals surface area contributed by atoms with E-state index in [1.807, 2.05) is 43.3 Å². The van der Waals surface area contributed by atoms with Gasteiger partial charge in [-0.25, -0.2) is 4.98 Å². The normalized spacial score (nSPS) is 16.7. The highest BCUT2D eigenvalue weighted by Gasteiger charge is 2.31. The molecule has 4 aromatic rings. The van der Waals surface area contributed by atoms with Crippen LogP contribution in [0.5, 0.6) is 11.5 Å². The molecule has 1 aromatic heterocycles. The van der Waals surface area contributed by atoms with Crippen LogP contribution in [-0.4, -0.2) is 47.1 Å². The first-order chi connectivity index (χ1) is 17.9. The standard InChI is InChI=1S/C28H28F3N3O3/c1-2-35-23-12-13-25-24(16-23)32-27(26-19-33(14-15-36-26)17-20-6-4-3-5-7-20)34(25)18-21-8-10-22(11-9-21)37-28(29,30)31/h3-13,16,26H,2,14-15,17-19H2,1H3. The van der Waals surface area contributed by atoms with Crippen molar-refractivity contribution in [2.75, 3.05) is 26.3 Å². The van der Waals surface area contributed by atoms with Gasteiger partial charge in [-0.15, -0.1) is 13.2 Å². The van der Waals surface area contributed by atoms with Crippen LogP contribution >= 0.6 is 0 Å². The zero-order valence-corrected chi connectivity index (χ0v) is 20.4. The van der Waals surface area contributed by atoms with Crippen LogP contribution in [0.25, 0.3) is 11.0 Å². The molecular formula is C28H28F3N3O3. The van der Waals surface area contributed by atoms with E-state index in [1.165, 1.54) is 17.7 Å². The fourth-order valence-electron chi connectivity index (χ4n) is 4.62. The quantitative estimate of drug-likeness (QED) is 0.292. The number of nitrogens with zero attached hydrogens (tertiary/aromatic N) is 3. The highest BCUT2D eigenvalue weighted by atomic mass is 19.4. The Balaban J connectivity index is 1.44. The van der Waals surface area contributed by atoms with E-state index in [9.17, 15) is 13.2 Å². The third-order valence-electron chi connectivity index (χ3n) is 6.25. The molecule has 0 spiro atoms. The van der Waals surface area contributed by atoms with Crippen molar-refractivity contribution in [2.24, 2.45) is 0 Å².